The van der Waals surface area contributed by atoms with Crippen LogP contribution in [0, 0.1) is 13.8 Å². The van der Waals surface area contributed by atoms with E-state index in [0.29, 0.717) is 0 Å². The highest BCUT2D eigenvalue weighted by molar-refractivity contribution is 5.56. The maximum atomic E-state index is 9.60. The topological polar surface area (TPSA) is 46.9 Å². The molecule has 0 atom stereocenters. The van der Waals surface area contributed by atoms with Gasteiger partial charge in [0.1, 0.15) is 0 Å². The molecule has 23 heavy (non-hydrogen) atoms. The fourth-order valence-corrected chi connectivity index (χ4v) is 3.15. The Morgan fingerprint density at radius 1 is 0.913 bits per heavy atom. The molecule has 0 aromatic heterocycles. The molecule has 2 N–H and O–H groups in total. The van der Waals surface area contributed by atoms with Crippen molar-refractivity contribution >= 4 is 5.69 Å². The quantitative estimate of drug-likeness (QED) is 0.855. The fraction of sp³-hybridized carbons (Fsp3) is 0.368. The Bertz CT molecular complexity index is 692. The van der Waals surface area contributed by atoms with E-state index in [2.05, 4.69) is 41.8 Å². The van der Waals surface area contributed by atoms with Crippen molar-refractivity contribution in [2.75, 3.05) is 31.1 Å². The molecule has 1 heterocycles. The van der Waals surface area contributed by atoms with Gasteiger partial charge in [0.25, 0.3) is 0 Å². The number of aryl methyl sites for hydroxylation is 1. The lowest BCUT2D eigenvalue weighted by atomic mass is 10.1. The van der Waals surface area contributed by atoms with Crippen LogP contribution in [0.3, 0.4) is 0 Å². The molecule has 0 aliphatic carbocycles. The number of benzene rings is 2. The van der Waals surface area contributed by atoms with Gasteiger partial charge in [0.15, 0.2) is 11.5 Å². The molecule has 0 spiro atoms. The van der Waals surface area contributed by atoms with E-state index in [1.54, 1.807) is 12.1 Å². The first kappa shape index (κ1) is 15.7. The van der Waals surface area contributed by atoms with Gasteiger partial charge in [-0.3, -0.25) is 4.90 Å². The van der Waals surface area contributed by atoms with E-state index >= 15 is 0 Å². The van der Waals surface area contributed by atoms with E-state index in [1.165, 1.54) is 16.8 Å². The Morgan fingerprint density at radius 2 is 1.65 bits per heavy atom. The fourth-order valence-electron chi connectivity index (χ4n) is 3.15. The first-order chi connectivity index (χ1) is 11.0. The molecule has 1 aliphatic rings. The number of piperazine rings is 1. The van der Waals surface area contributed by atoms with Gasteiger partial charge in [0.05, 0.1) is 0 Å². The van der Waals surface area contributed by atoms with Crippen LogP contribution in [0.25, 0.3) is 0 Å². The summed E-state index contributed by atoms with van der Waals surface area (Å²) in [6, 6.07) is 11.6. The summed E-state index contributed by atoms with van der Waals surface area (Å²) >= 11 is 0. The first-order valence-electron chi connectivity index (χ1n) is 8.09. The summed E-state index contributed by atoms with van der Waals surface area (Å²) < 4.78 is 0. The van der Waals surface area contributed by atoms with E-state index < -0.39 is 0 Å². The van der Waals surface area contributed by atoms with Gasteiger partial charge >= 0.3 is 0 Å². The van der Waals surface area contributed by atoms with E-state index in [-0.39, 0.29) is 11.5 Å². The normalized spacial score (nSPS) is 15.8. The average Bonchev–Trinajstić information content (AvgIpc) is 2.55. The van der Waals surface area contributed by atoms with Crippen molar-refractivity contribution in [2.24, 2.45) is 0 Å². The number of hydrogen-bond acceptors (Lipinski definition) is 4. The molecule has 1 fully saturated rings. The van der Waals surface area contributed by atoms with E-state index in [0.717, 1.165) is 38.3 Å². The molecule has 0 amide bonds. The Morgan fingerprint density at radius 3 is 2.35 bits per heavy atom. The van der Waals surface area contributed by atoms with Gasteiger partial charge in [-0.1, -0.05) is 18.2 Å². The maximum Gasteiger partial charge on any atom is 0.157 e. The smallest absolute Gasteiger partial charge is 0.157 e. The molecule has 0 bridgehead atoms. The van der Waals surface area contributed by atoms with Crippen molar-refractivity contribution in [1.29, 1.82) is 0 Å². The van der Waals surface area contributed by atoms with Crippen LogP contribution in [0.1, 0.15) is 16.7 Å². The molecule has 0 radical (unpaired) electrons. The van der Waals surface area contributed by atoms with Crippen LogP contribution in [-0.4, -0.2) is 41.3 Å². The summed E-state index contributed by atoms with van der Waals surface area (Å²) in [5.41, 5.74) is 5.07. The second-order valence-electron chi connectivity index (χ2n) is 6.31. The Kier molecular flexibility index (Phi) is 4.44. The molecule has 2 aromatic rings. The summed E-state index contributed by atoms with van der Waals surface area (Å²) in [5, 5.41) is 19.0. The zero-order valence-corrected chi connectivity index (χ0v) is 13.8. The van der Waals surface area contributed by atoms with Crippen molar-refractivity contribution in [2.45, 2.75) is 20.4 Å². The van der Waals surface area contributed by atoms with Crippen LogP contribution >= 0.6 is 0 Å². The molecule has 4 nitrogen and oxygen atoms in total. The van der Waals surface area contributed by atoms with Crippen LogP contribution in [0.5, 0.6) is 11.5 Å². The van der Waals surface area contributed by atoms with Gasteiger partial charge < -0.3 is 15.1 Å². The largest absolute Gasteiger partial charge is 0.504 e. The van der Waals surface area contributed by atoms with Gasteiger partial charge in [-0.05, 0) is 48.7 Å². The molecule has 1 saturated heterocycles. The van der Waals surface area contributed by atoms with Crippen LogP contribution in [0.2, 0.25) is 0 Å². The van der Waals surface area contributed by atoms with Crippen molar-refractivity contribution in [3.05, 3.63) is 53.1 Å². The minimum atomic E-state index is -0.0616. The highest BCUT2D eigenvalue weighted by atomic mass is 16.3. The van der Waals surface area contributed by atoms with Crippen molar-refractivity contribution in [3.63, 3.8) is 0 Å². The third kappa shape index (κ3) is 3.42. The van der Waals surface area contributed by atoms with Crippen molar-refractivity contribution < 1.29 is 10.2 Å². The number of phenolic OH excluding ortho intramolecular Hbond substituents is 2. The van der Waals surface area contributed by atoms with Crippen LogP contribution in [-0.2, 0) is 6.54 Å². The van der Waals surface area contributed by atoms with Crippen molar-refractivity contribution in [3.8, 4) is 11.5 Å². The summed E-state index contributed by atoms with van der Waals surface area (Å²) in [6.07, 6.45) is 0. The third-order valence-electron chi connectivity index (χ3n) is 4.74. The lowest BCUT2D eigenvalue weighted by molar-refractivity contribution is 0.249. The molecule has 0 saturated carbocycles. The van der Waals surface area contributed by atoms with Gasteiger partial charge in [-0.15, -0.1) is 0 Å². The van der Waals surface area contributed by atoms with Gasteiger partial charge in [-0.25, -0.2) is 0 Å². The number of phenols is 2. The number of hydrogen-bond donors (Lipinski definition) is 2. The lowest BCUT2D eigenvalue weighted by Crippen LogP contribution is -2.46. The van der Waals surface area contributed by atoms with Gasteiger partial charge in [-0.2, -0.15) is 0 Å². The minimum absolute atomic E-state index is 0.0449. The number of nitrogens with zero attached hydrogens (tertiary/aromatic N) is 2. The Labute approximate surface area is 137 Å². The highest BCUT2D eigenvalue weighted by Gasteiger charge is 2.19. The molecule has 3 rings (SSSR count). The minimum Gasteiger partial charge on any atom is -0.504 e. The Hall–Kier alpha value is -2.20. The monoisotopic (exact) mass is 312 g/mol. The third-order valence-corrected chi connectivity index (χ3v) is 4.74. The molecular formula is C19H24N2O2. The Balaban J connectivity index is 1.62. The summed E-state index contributed by atoms with van der Waals surface area (Å²) in [4.78, 5) is 4.83. The summed E-state index contributed by atoms with van der Waals surface area (Å²) in [7, 11) is 0. The molecule has 4 heteroatoms. The number of anilines is 1. The number of aromatic hydroxyl groups is 2. The van der Waals surface area contributed by atoms with E-state index in [1.807, 2.05) is 6.07 Å². The predicted octanol–water partition coefficient (Wildman–Crippen LogP) is 3.04. The van der Waals surface area contributed by atoms with Crippen LogP contribution in [0.4, 0.5) is 5.69 Å². The summed E-state index contributed by atoms with van der Waals surface area (Å²) in [5.74, 6) is -0.106. The second kappa shape index (κ2) is 6.50. The zero-order valence-electron chi connectivity index (χ0n) is 13.8. The van der Waals surface area contributed by atoms with Gasteiger partial charge in [0, 0.05) is 38.4 Å². The average molecular weight is 312 g/mol. The molecule has 1 aliphatic heterocycles. The van der Waals surface area contributed by atoms with Gasteiger partial charge in [0.2, 0.25) is 0 Å². The molecule has 2 aromatic carbocycles. The SMILES string of the molecule is Cc1cccc(N2CCN(Cc3ccc(O)c(O)c3)CC2)c1C. The number of rotatable bonds is 3. The highest BCUT2D eigenvalue weighted by Crippen LogP contribution is 2.27. The first-order valence-corrected chi connectivity index (χ1v) is 8.09. The lowest BCUT2D eigenvalue weighted by Gasteiger charge is -2.37. The molecule has 122 valence electrons. The van der Waals surface area contributed by atoms with Crippen LogP contribution in [0.15, 0.2) is 36.4 Å². The maximum absolute atomic E-state index is 9.60. The predicted molar refractivity (Wildman–Crippen MR) is 93.2 cm³/mol. The molecular weight excluding hydrogens is 288 g/mol. The summed E-state index contributed by atoms with van der Waals surface area (Å²) in [6.45, 7) is 9.16. The van der Waals surface area contributed by atoms with E-state index in [9.17, 15) is 10.2 Å². The second-order valence-corrected chi connectivity index (χ2v) is 6.31. The zero-order chi connectivity index (χ0) is 16.4. The van der Waals surface area contributed by atoms with Crippen molar-refractivity contribution in [1.82, 2.24) is 4.90 Å². The van der Waals surface area contributed by atoms with Crippen LogP contribution < -0.4 is 4.90 Å². The van der Waals surface area contributed by atoms with E-state index in [4.69, 9.17) is 0 Å². The standard InChI is InChI=1S/C19H24N2O2/c1-14-4-3-5-17(15(14)2)21-10-8-20(9-11-21)13-16-6-7-18(22)19(23)12-16/h3-7,12,22-23H,8-11,13H2,1-2H3. The molecule has 0 unspecified atom stereocenters.